The van der Waals surface area contributed by atoms with Gasteiger partial charge in [-0.1, -0.05) is 52.3 Å². The zero-order chi connectivity index (χ0) is 19.9. The van der Waals surface area contributed by atoms with Gasteiger partial charge in [-0.25, -0.2) is 0 Å². The van der Waals surface area contributed by atoms with Crippen molar-refractivity contribution in [1.82, 2.24) is 5.32 Å². The summed E-state index contributed by atoms with van der Waals surface area (Å²) in [5.41, 5.74) is 3.49. The number of benzene rings is 3. The number of amides is 1. The van der Waals surface area contributed by atoms with Gasteiger partial charge in [0.2, 0.25) is 0 Å². The van der Waals surface area contributed by atoms with Crippen LogP contribution in [0, 0.1) is 11.3 Å². The Morgan fingerprint density at radius 1 is 1.07 bits per heavy atom. The Morgan fingerprint density at radius 2 is 1.75 bits per heavy atom. The molecule has 3 aromatic carbocycles. The fourth-order valence-electron chi connectivity index (χ4n) is 2.73. The van der Waals surface area contributed by atoms with Crippen LogP contribution in [0.15, 0.2) is 82.2 Å². The van der Waals surface area contributed by atoms with E-state index in [1.54, 1.807) is 11.8 Å². The summed E-state index contributed by atoms with van der Waals surface area (Å²) in [6.07, 6.45) is 0. The van der Waals surface area contributed by atoms with Crippen molar-refractivity contribution in [3.63, 3.8) is 0 Å². The van der Waals surface area contributed by atoms with Crippen LogP contribution in [0.3, 0.4) is 0 Å². The lowest BCUT2D eigenvalue weighted by Crippen LogP contribution is -2.27. The van der Waals surface area contributed by atoms with Crippen LogP contribution < -0.4 is 5.32 Å². The first kappa shape index (κ1) is 20.2. The molecule has 0 spiro atoms. The van der Waals surface area contributed by atoms with Crippen molar-refractivity contribution in [2.24, 2.45) is 0 Å². The van der Waals surface area contributed by atoms with Gasteiger partial charge in [-0.15, -0.1) is 11.8 Å². The SMILES string of the molecule is CC(NC(=O)c1ccccc1SCc1ccc(C#N)cc1)c1ccc(Br)cc1. The molecule has 1 unspecified atom stereocenters. The molecule has 0 aliphatic heterocycles. The second-order valence-corrected chi connectivity index (χ2v) is 8.27. The first-order valence-electron chi connectivity index (χ1n) is 8.84. The topological polar surface area (TPSA) is 52.9 Å². The lowest BCUT2D eigenvalue weighted by molar-refractivity contribution is 0.0937. The van der Waals surface area contributed by atoms with Crippen molar-refractivity contribution in [2.75, 3.05) is 0 Å². The molecule has 3 aromatic rings. The van der Waals surface area contributed by atoms with Crippen LogP contribution in [0.4, 0.5) is 0 Å². The molecule has 0 heterocycles. The Hall–Kier alpha value is -2.55. The average Bonchev–Trinajstić information content (AvgIpc) is 2.73. The summed E-state index contributed by atoms with van der Waals surface area (Å²) < 4.78 is 1.01. The van der Waals surface area contributed by atoms with Gasteiger partial charge in [0.05, 0.1) is 23.2 Å². The second kappa shape index (κ2) is 9.59. The van der Waals surface area contributed by atoms with Gasteiger partial charge >= 0.3 is 0 Å². The molecule has 0 fully saturated rings. The molecular weight excluding hydrogens is 432 g/mol. The minimum absolute atomic E-state index is 0.0849. The smallest absolute Gasteiger partial charge is 0.252 e. The van der Waals surface area contributed by atoms with Gasteiger partial charge in [-0.05, 0) is 54.4 Å². The number of nitrogens with zero attached hydrogens (tertiary/aromatic N) is 1. The van der Waals surface area contributed by atoms with E-state index < -0.39 is 0 Å². The molecule has 0 aromatic heterocycles. The minimum Gasteiger partial charge on any atom is -0.345 e. The summed E-state index contributed by atoms with van der Waals surface area (Å²) >= 11 is 5.05. The monoisotopic (exact) mass is 450 g/mol. The Bertz CT molecular complexity index is 994. The molecule has 1 atom stereocenters. The van der Waals surface area contributed by atoms with Gasteiger partial charge < -0.3 is 5.32 Å². The fraction of sp³-hybridized carbons (Fsp3) is 0.130. The Labute approximate surface area is 177 Å². The van der Waals surface area contributed by atoms with Crippen molar-refractivity contribution in [1.29, 1.82) is 5.26 Å². The standard InChI is InChI=1S/C23H19BrN2OS/c1-16(19-10-12-20(24)13-11-19)26-23(27)21-4-2-3-5-22(21)28-15-18-8-6-17(14-25)7-9-18/h2-13,16H,15H2,1H3,(H,26,27). The second-order valence-electron chi connectivity index (χ2n) is 6.34. The van der Waals surface area contributed by atoms with E-state index in [9.17, 15) is 4.79 Å². The predicted molar refractivity (Wildman–Crippen MR) is 117 cm³/mol. The Kier molecular flexibility index (Phi) is 6.91. The fourth-order valence-corrected chi connectivity index (χ4v) is 4.00. The molecule has 0 saturated carbocycles. The van der Waals surface area contributed by atoms with Crippen molar-refractivity contribution in [3.05, 3.63) is 99.5 Å². The molecule has 1 amide bonds. The normalized spacial score (nSPS) is 11.5. The lowest BCUT2D eigenvalue weighted by Gasteiger charge is -2.16. The molecule has 0 aliphatic rings. The zero-order valence-electron chi connectivity index (χ0n) is 15.4. The third-order valence-corrected chi connectivity index (χ3v) is 6.00. The maximum absolute atomic E-state index is 12.8. The number of hydrogen-bond acceptors (Lipinski definition) is 3. The quantitative estimate of drug-likeness (QED) is 0.461. The number of carbonyl (C=O) groups is 1. The van der Waals surface area contributed by atoms with Crippen molar-refractivity contribution in [3.8, 4) is 6.07 Å². The van der Waals surface area contributed by atoms with Crippen LogP contribution in [0.1, 0.15) is 40.0 Å². The highest BCUT2D eigenvalue weighted by Crippen LogP contribution is 2.27. The van der Waals surface area contributed by atoms with E-state index in [0.717, 1.165) is 26.2 Å². The molecule has 3 rings (SSSR count). The molecule has 5 heteroatoms. The van der Waals surface area contributed by atoms with Gasteiger partial charge in [0.1, 0.15) is 0 Å². The summed E-state index contributed by atoms with van der Waals surface area (Å²) in [5.74, 6) is 0.650. The molecule has 0 radical (unpaired) electrons. The molecule has 3 nitrogen and oxygen atoms in total. The highest BCUT2D eigenvalue weighted by Gasteiger charge is 2.15. The number of rotatable bonds is 6. The Balaban J connectivity index is 1.69. The van der Waals surface area contributed by atoms with Gasteiger partial charge in [0.25, 0.3) is 5.91 Å². The Morgan fingerprint density at radius 3 is 2.43 bits per heavy atom. The summed E-state index contributed by atoms with van der Waals surface area (Å²) in [6.45, 7) is 1.98. The van der Waals surface area contributed by atoms with Gasteiger partial charge in [-0.3, -0.25) is 4.79 Å². The van der Waals surface area contributed by atoms with Crippen LogP contribution in [0.5, 0.6) is 0 Å². The molecule has 140 valence electrons. The maximum atomic E-state index is 12.8. The average molecular weight is 451 g/mol. The molecule has 28 heavy (non-hydrogen) atoms. The van der Waals surface area contributed by atoms with E-state index in [1.165, 1.54) is 0 Å². The van der Waals surface area contributed by atoms with Crippen LogP contribution >= 0.6 is 27.7 Å². The highest BCUT2D eigenvalue weighted by molar-refractivity contribution is 9.10. The van der Waals surface area contributed by atoms with Gasteiger partial charge in [0.15, 0.2) is 0 Å². The van der Waals surface area contributed by atoms with E-state index >= 15 is 0 Å². The molecule has 0 saturated heterocycles. The lowest BCUT2D eigenvalue weighted by atomic mass is 10.1. The predicted octanol–water partition coefficient (Wildman–Crippen LogP) is 6.10. The maximum Gasteiger partial charge on any atom is 0.252 e. The molecule has 0 bridgehead atoms. The zero-order valence-corrected chi connectivity index (χ0v) is 17.8. The van der Waals surface area contributed by atoms with Crippen LogP contribution in [0.2, 0.25) is 0 Å². The number of nitriles is 1. The molecule has 1 N–H and O–H groups in total. The number of thioether (sulfide) groups is 1. The molecule has 0 aliphatic carbocycles. The van der Waals surface area contributed by atoms with Crippen LogP contribution in [-0.2, 0) is 5.75 Å². The first-order valence-corrected chi connectivity index (χ1v) is 10.6. The van der Waals surface area contributed by atoms with E-state index in [4.69, 9.17) is 5.26 Å². The number of hydrogen-bond donors (Lipinski definition) is 1. The van der Waals surface area contributed by atoms with Crippen LogP contribution in [0.25, 0.3) is 0 Å². The minimum atomic E-state index is -0.0859. The third-order valence-electron chi connectivity index (χ3n) is 4.33. The number of halogens is 1. The summed E-state index contributed by atoms with van der Waals surface area (Å²) in [5, 5.41) is 12.0. The van der Waals surface area contributed by atoms with E-state index in [1.807, 2.05) is 79.7 Å². The molecular formula is C23H19BrN2OS. The van der Waals surface area contributed by atoms with E-state index in [2.05, 4.69) is 27.3 Å². The number of nitrogens with one attached hydrogen (secondary N) is 1. The number of carbonyl (C=O) groups excluding carboxylic acids is 1. The van der Waals surface area contributed by atoms with Crippen molar-refractivity contribution < 1.29 is 4.79 Å². The third kappa shape index (κ3) is 5.25. The van der Waals surface area contributed by atoms with E-state index in [-0.39, 0.29) is 11.9 Å². The van der Waals surface area contributed by atoms with Gasteiger partial charge in [-0.2, -0.15) is 5.26 Å². The van der Waals surface area contributed by atoms with Crippen molar-refractivity contribution in [2.45, 2.75) is 23.6 Å². The largest absolute Gasteiger partial charge is 0.345 e. The van der Waals surface area contributed by atoms with E-state index in [0.29, 0.717) is 11.1 Å². The van der Waals surface area contributed by atoms with Crippen LogP contribution in [-0.4, -0.2) is 5.91 Å². The first-order chi connectivity index (χ1) is 13.6. The van der Waals surface area contributed by atoms with Crippen molar-refractivity contribution >= 4 is 33.6 Å². The summed E-state index contributed by atoms with van der Waals surface area (Å²) in [6, 6.07) is 25.1. The highest BCUT2D eigenvalue weighted by atomic mass is 79.9. The summed E-state index contributed by atoms with van der Waals surface area (Å²) in [7, 11) is 0. The summed E-state index contributed by atoms with van der Waals surface area (Å²) in [4.78, 5) is 13.8. The van der Waals surface area contributed by atoms with Gasteiger partial charge in [0, 0.05) is 15.1 Å².